The van der Waals surface area contributed by atoms with Crippen LogP contribution in [0.1, 0.15) is 17.5 Å². The summed E-state index contributed by atoms with van der Waals surface area (Å²) in [6.07, 6.45) is -0.0664. The standard InChI is InChI=1S/C19H22N2O3/c22-18(20-12-11-19(23)24)15-21(13-16-7-3-1-4-8-16)14-17-9-5-2-6-10-17/h1-10H,11-15H2,(H,20,22)(H,23,24). The Balaban J connectivity index is 1.96. The van der Waals surface area contributed by atoms with Crippen molar-refractivity contribution in [2.24, 2.45) is 0 Å². The van der Waals surface area contributed by atoms with Crippen LogP contribution in [0.15, 0.2) is 60.7 Å². The van der Waals surface area contributed by atoms with Crippen LogP contribution in [0.4, 0.5) is 0 Å². The number of carboxylic acid groups (broad SMARTS) is 1. The summed E-state index contributed by atoms with van der Waals surface area (Å²) in [4.78, 5) is 24.6. The van der Waals surface area contributed by atoms with Crippen molar-refractivity contribution in [2.45, 2.75) is 19.5 Å². The third-order valence-corrected chi connectivity index (χ3v) is 3.53. The molecule has 0 saturated carbocycles. The number of nitrogens with zero attached hydrogens (tertiary/aromatic N) is 1. The minimum Gasteiger partial charge on any atom is -0.481 e. The highest BCUT2D eigenvalue weighted by Gasteiger charge is 2.12. The van der Waals surface area contributed by atoms with Crippen LogP contribution in [0, 0.1) is 0 Å². The number of carbonyl (C=O) groups excluding carboxylic acids is 1. The second-order valence-corrected chi connectivity index (χ2v) is 5.61. The van der Waals surface area contributed by atoms with E-state index in [0.717, 1.165) is 11.1 Å². The summed E-state index contributed by atoms with van der Waals surface area (Å²) >= 11 is 0. The summed E-state index contributed by atoms with van der Waals surface area (Å²) in [5, 5.41) is 11.3. The Labute approximate surface area is 141 Å². The zero-order valence-corrected chi connectivity index (χ0v) is 13.5. The Bertz CT molecular complexity index is 603. The second kappa shape index (κ2) is 9.47. The number of amides is 1. The van der Waals surface area contributed by atoms with Crippen LogP contribution < -0.4 is 5.32 Å². The molecule has 0 spiro atoms. The molecule has 0 aliphatic carbocycles. The molecule has 0 unspecified atom stereocenters. The van der Waals surface area contributed by atoms with Crippen LogP contribution >= 0.6 is 0 Å². The highest BCUT2D eigenvalue weighted by atomic mass is 16.4. The molecule has 2 aromatic carbocycles. The van der Waals surface area contributed by atoms with E-state index in [1.165, 1.54) is 0 Å². The molecule has 0 atom stereocenters. The van der Waals surface area contributed by atoms with Gasteiger partial charge in [0.15, 0.2) is 0 Å². The molecular weight excluding hydrogens is 304 g/mol. The molecular formula is C19H22N2O3. The van der Waals surface area contributed by atoms with Crippen LogP contribution in [0.5, 0.6) is 0 Å². The molecule has 0 saturated heterocycles. The lowest BCUT2D eigenvalue weighted by Gasteiger charge is -2.22. The van der Waals surface area contributed by atoms with Gasteiger partial charge in [-0.1, -0.05) is 60.7 Å². The molecule has 0 fully saturated rings. The van der Waals surface area contributed by atoms with Crippen molar-refractivity contribution < 1.29 is 14.7 Å². The Morgan fingerprint density at radius 1 is 0.875 bits per heavy atom. The molecule has 2 rings (SSSR count). The van der Waals surface area contributed by atoms with Crippen LogP contribution in [-0.2, 0) is 22.7 Å². The first kappa shape index (κ1) is 17.7. The quantitative estimate of drug-likeness (QED) is 0.742. The van der Waals surface area contributed by atoms with Gasteiger partial charge in [0.05, 0.1) is 13.0 Å². The van der Waals surface area contributed by atoms with E-state index in [-0.39, 0.29) is 25.4 Å². The SMILES string of the molecule is O=C(O)CCNC(=O)CN(Cc1ccccc1)Cc1ccccc1. The van der Waals surface area contributed by atoms with Crippen molar-refractivity contribution >= 4 is 11.9 Å². The Morgan fingerprint density at radius 2 is 1.38 bits per heavy atom. The monoisotopic (exact) mass is 326 g/mol. The summed E-state index contributed by atoms with van der Waals surface area (Å²) in [5.41, 5.74) is 2.26. The number of carboxylic acids is 1. The van der Waals surface area contributed by atoms with Gasteiger partial charge >= 0.3 is 5.97 Å². The average Bonchev–Trinajstić information content (AvgIpc) is 2.56. The van der Waals surface area contributed by atoms with E-state index in [1.54, 1.807) is 0 Å². The number of carbonyl (C=O) groups is 2. The van der Waals surface area contributed by atoms with Gasteiger partial charge in [0, 0.05) is 19.6 Å². The molecule has 0 radical (unpaired) electrons. The van der Waals surface area contributed by atoms with E-state index in [9.17, 15) is 9.59 Å². The van der Waals surface area contributed by atoms with Gasteiger partial charge in [-0.15, -0.1) is 0 Å². The summed E-state index contributed by atoms with van der Waals surface area (Å²) < 4.78 is 0. The lowest BCUT2D eigenvalue weighted by atomic mass is 10.1. The molecule has 0 aliphatic heterocycles. The van der Waals surface area contributed by atoms with E-state index in [1.807, 2.05) is 65.6 Å². The Hall–Kier alpha value is -2.66. The lowest BCUT2D eigenvalue weighted by Crippen LogP contribution is -2.37. The first-order valence-electron chi connectivity index (χ1n) is 7.92. The molecule has 0 aromatic heterocycles. The summed E-state index contributed by atoms with van der Waals surface area (Å²) in [5.74, 6) is -1.08. The maximum atomic E-state index is 12.1. The van der Waals surface area contributed by atoms with E-state index >= 15 is 0 Å². The third kappa shape index (κ3) is 6.62. The fourth-order valence-electron chi connectivity index (χ4n) is 2.42. The minimum absolute atomic E-state index is 0.0664. The molecule has 126 valence electrons. The van der Waals surface area contributed by atoms with Gasteiger partial charge in [-0.2, -0.15) is 0 Å². The van der Waals surface area contributed by atoms with Gasteiger partial charge in [-0.05, 0) is 11.1 Å². The summed E-state index contributed by atoms with van der Waals surface area (Å²) in [7, 11) is 0. The van der Waals surface area contributed by atoms with Crippen molar-refractivity contribution in [2.75, 3.05) is 13.1 Å². The van der Waals surface area contributed by atoms with Crippen molar-refractivity contribution in [3.8, 4) is 0 Å². The fraction of sp³-hybridized carbons (Fsp3) is 0.263. The predicted molar refractivity (Wildman–Crippen MR) is 92.3 cm³/mol. The van der Waals surface area contributed by atoms with Gasteiger partial charge in [0.1, 0.15) is 0 Å². The maximum Gasteiger partial charge on any atom is 0.305 e. The molecule has 5 heteroatoms. The largest absolute Gasteiger partial charge is 0.481 e. The smallest absolute Gasteiger partial charge is 0.305 e. The number of hydrogen-bond acceptors (Lipinski definition) is 3. The highest BCUT2D eigenvalue weighted by Crippen LogP contribution is 2.09. The number of benzene rings is 2. The number of hydrogen-bond donors (Lipinski definition) is 2. The molecule has 24 heavy (non-hydrogen) atoms. The molecule has 2 N–H and O–H groups in total. The summed E-state index contributed by atoms with van der Waals surface area (Å²) in [6, 6.07) is 19.9. The molecule has 5 nitrogen and oxygen atoms in total. The van der Waals surface area contributed by atoms with Crippen molar-refractivity contribution in [3.05, 3.63) is 71.8 Å². The zero-order valence-electron chi connectivity index (χ0n) is 13.5. The van der Waals surface area contributed by atoms with Crippen molar-refractivity contribution in [1.29, 1.82) is 0 Å². The van der Waals surface area contributed by atoms with Gasteiger partial charge < -0.3 is 10.4 Å². The predicted octanol–water partition coefficient (Wildman–Crippen LogP) is 2.28. The van der Waals surface area contributed by atoms with Crippen LogP contribution in [0.2, 0.25) is 0 Å². The maximum absolute atomic E-state index is 12.1. The molecule has 1 amide bonds. The normalized spacial score (nSPS) is 10.5. The first-order chi connectivity index (χ1) is 11.6. The number of nitrogens with one attached hydrogen (secondary N) is 1. The number of rotatable bonds is 9. The van der Waals surface area contributed by atoms with E-state index in [4.69, 9.17) is 5.11 Å². The Kier molecular flexibility index (Phi) is 6.98. The van der Waals surface area contributed by atoms with Gasteiger partial charge in [-0.25, -0.2) is 0 Å². The van der Waals surface area contributed by atoms with Gasteiger partial charge in [0.2, 0.25) is 5.91 Å². The Morgan fingerprint density at radius 3 is 1.83 bits per heavy atom. The zero-order chi connectivity index (χ0) is 17.2. The van der Waals surface area contributed by atoms with E-state index in [2.05, 4.69) is 5.32 Å². The van der Waals surface area contributed by atoms with Crippen molar-refractivity contribution in [3.63, 3.8) is 0 Å². The van der Waals surface area contributed by atoms with Gasteiger partial charge in [-0.3, -0.25) is 14.5 Å². The molecule has 0 aliphatic rings. The van der Waals surface area contributed by atoms with E-state index < -0.39 is 5.97 Å². The molecule has 0 bridgehead atoms. The van der Waals surface area contributed by atoms with Crippen LogP contribution in [0.25, 0.3) is 0 Å². The molecule has 2 aromatic rings. The first-order valence-corrected chi connectivity index (χ1v) is 7.92. The van der Waals surface area contributed by atoms with Crippen LogP contribution in [-0.4, -0.2) is 35.0 Å². The molecule has 0 heterocycles. The topological polar surface area (TPSA) is 69.6 Å². The summed E-state index contributed by atoms with van der Waals surface area (Å²) in [6.45, 7) is 1.69. The van der Waals surface area contributed by atoms with Gasteiger partial charge in [0.25, 0.3) is 0 Å². The van der Waals surface area contributed by atoms with E-state index in [0.29, 0.717) is 13.1 Å². The fourth-order valence-corrected chi connectivity index (χ4v) is 2.42. The second-order valence-electron chi connectivity index (χ2n) is 5.61. The lowest BCUT2D eigenvalue weighted by molar-refractivity contribution is -0.136. The minimum atomic E-state index is -0.916. The van der Waals surface area contributed by atoms with Crippen LogP contribution in [0.3, 0.4) is 0 Å². The highest BCUT2D eigenvalue weighted by molar-refractivity contribution is 5.78. The third-order valence-electron chi connectivity index (χ3n) is 3.53. The average molecular weight is 326 g/mol. The number of aliphatic carboxylic acids is 1. The van der Waals surface area contributed by atoms with Crippen molar-refractivity contribution in [1.82, 2.24) is 10.2 Å².